The highest BCUT2D eigenvalue weighted by atomic mass is 35.5. The molecule has 3 N–H and O–H groups in total. The maximum atomic E-state index is 10.6. The molecule has 0 aliphatic carbocycles. The molecule has 0 radical (unpaired) electrons. The molecule has 8 heteroatoms. The summed E-state index contributed by atoms with van der Waals surface area (Å²) in [4.78, 5) is 2.13. The van der Waals surface area contributed by atoms with Gasteiger partial charge in [-0.25, -0.2) is 0 Å². The first-order chi connectivity index (χ1) is 14.2. The van der Waals surface area contributed by atoms with Crippen molar-refractivity contribution in [2.75, 3.05) is 41.0 Å². The Bertz CT molecular complexity index is 605. The van der Waals surface area contributed by atoms with Gasteiger partial charge in [-0.2, -0.15) is 0 Å². The summed E-state index contributed by atoms with van der Waals surface area (Å²) >= 11 is 0. The van der Waals surface area contributed by atoms with E-state index in [0.29, 0.717) is 37.6 Å². The quantitative estimate of drug-likeness (QED) is 0.354. The minimum Gasteiger partial charge on any atom is -0.493 e. The molecule has 0 saturated heterocycles. The van der Waals surface area contributed by atoms with Gasteiger partial charge in [-0.15, -0.1) is 24.8 Å². The highest BCUT2D eigenvalue weighted by molar-refractivity contribution is 5.85. The molecule has 0 unspecified atom stereocenters. The molecule has 0 spiro atoms. The number of nitrogens with zero attached hydrogens (tertiary/aromatic N) is 1. The third kappa shape index (κ3) is 11.9. The van der Waals surface area contributed by atoms with E-state index in [4.69, 9.17) is 19.9 Å². The Morgan fingerprint density at radius 3 is 2.22 bits per heavy atom. The Hall–Kier alpha value is -0.760. The van der Waals surface area contributed by atoms with Gasteiger partial charge in [0.25, 0.3) is 0 Å². The molecule has 0 amide bonds. The number of benzene rings is 1. The molecule has 0 aliphatic heterocycles. The SMILES string of the molecule is COCCCOc1cc(C[C@@H](C[C@H](N)[C@@H](O)CN(C)C(C)C)C(C)C)ccc1OC.Cl.Cl. The van der Waals surface area contributed by atoms with Crippen molar-refractivity contribution in [3.8, 4) is 11.5 Å². The monoisotopic (exact) mass is 496 g/mol. The number of nitrogens with two attached hydrogens (primary N) is 1. The van der Waals surface area contributed by atoms with Crippen LogP contribution in [-0.4, -0.2) is 69.2 Å². The molecule has 1 aromatic carbocycles. The van der Waals surface area contributed by atoms with Gasteiger partial charge >= 0.3 is 0 Å². The van der Waals surface area contributed by atoms with Crippen LogP contribution in [0.5, 0.6) is 11.5 Å². The van der Waals surface area contributed by atoms with Crippen LogP contribution in [0.1, 0.15) is 46.1 Å². The van der Waals surface area contributed by atoms with E-state index in [-0.39, 0.29) is 30.9 Å². The lowest BCUT2D eigenvalue weighted by Gasteiger charge is -2.30. The van der Waals surface area contributed by atoms with Gasteiger partial charge in [0.2, 0.25) is 0 Å². The number of ether oxygens (including phenoxy) is 3. The summed E-state index contributed by atoms with van der Waals surface area (Å²) in [6.07, 6.45) is 1.96. The molecule has 32 heavy (non-hydrogen) atoms. The zero-order valence-corrected chi connectivity index (χ0v) is 22.5. The van der Waals surface area contributed by atoms with E-state index < -0.39 is 6.10 Å². The second kappa shape index (κ2) is 17.7. The fourth-order valence-corrected chi connectivity index (χ4v) is 3.39. The number of halogens is 2. The normalized spacial score (nSPS) is 14.0. The first-order valence-corrected chi connectivity index (χ1v) is 11.1. The number of methoxy groups -OCH3 is 2. The van der Waals surface area contributed by atoms with Gasteiger partial charge < -0.3 is 30.0 Å². The van der Waals surface area contributed by atoms with E-state index in [1.807, 2.05) is 13.1 Å². The number of hydrogen-bond acceptors (Lipinski definition) is 6. The van der Waals surface area contributed by atoms with Gasteiger partial charge in [0, 0.05) is 38.8 Å². The van der Waals surface area contributed by atoms with E-state index in [0.717, 1.165) is 30.8 Å². The summed E-state index contributed by atoms with van der Waals surface area (Å²) in [6, 6.07) is 6.25. The van der Waals surface area contributed by atoms with Crippen molar-refractivity contribution in [2.24, 2.45) is 17.6 Å². The fourth-order valence-electron chi connectivity index (χ4n) is 3.39. The molecule has 0 saturated carbocycles. The Balaban J connectivity index is 0. The summed E-state index contributed by atoms with van der Waals surface area (Å²) in [5, 5.41) is 10.6. The Labute approximate surface area is 208 Å². The second-order valence-corrected chi connectivity index (χ2v) is 8.89. The third-order valence-corrected chi connectivity index (χ3v) is 5.84. The molecule has 0 aromatic heterocycles. The zero-order chi connectivity index (χ0) is 22.7. The summed E-state index contributed by atoms with van der Waals surface area (Å²) in [6.45, 7) is 10.5. The lowest BCUT2D eigenvalue weighted by molar-refractivity contribution is 0.0794. The topological polar surface area (TPSA) is 77.2 Å². The van der Waals surface area contributed by atoms with E-state index in [1.54, 1.807) is 14.2 Å². The number of aliphatic hydroxyl groups is 1. The smallest absolute Gasteiger partial charge is 0.161 e. The zero-order valence-electron chi connectivity index (χ0n) is 20.9. The van der Waals surface area contributed by atoms with E-state index in [1.165, 1.54) is 5.56 Å². The van der Waals surface area contributed by atoms with Crippen LogP contribution in [0.2, 0.25) is 0 Å². The summed E-state index contributed by atoms with van der Waals surface area (Å²) in [5.74, 6) is 2.32. The predicted molar refractivity (Wildman–Crippen MR) is 138 cm³/mol. The van der Waals surface area contributed by atoms with Crippen molar-refractivity contribution in [3.63, 3.8) is 0 Å². The van der Waals surface area contributed by atoms with Crippen LogP contribution in [0.15, 0.2) is 18.2 Å². The highest BCUT2D eigenvalue weighted by Gasteiger charge is 2.24. The molecule has 0 bridgehead atoms. The van der Waals surface area contributed by atoms with Crippen LogP contribution in [0.4, 0.5) is 0 Å². The van der Waals surface area contributed by atoms with E-state index in [9.17, 15) is 5.11 Å². The predicted octanol–water partition coefficient (Wildman–Crippen LogP) is 4.19. The van der Waals surface area contributed by atoms with Crippen LogP contribution >= 0.6 is 24.8 Å². The molecular formula is C24H46Cl2N2O4. The van der Waals surface area contributed by atoms with Gasteiger partial charge in [-0.05, 0) is 63.3 Å². The lowest BCUT2D eigenvalue weighted by atomic mass is 9.83. The first kappa shape index (κ1) is 33.4. The maximum Gasteiger partial charge on any atom is 0.161 e. The fraction of sp³-hybridized carbons (Fsp3) is 0.750. The van der Waals surface area contributed by atoms with Crippen LogP contribution in [0.25, 0.3) is 0 Å². The van der Waals surface area contributed by atoms with Crippen molar-refractivity contribution < 1.29 is 19.3 Å². The maximum absolute atomic E-state index is 10.6. The van der Waals surface area contributed by atoms with E-state index >= 15 is 0 Å². The highest BCUT2D eigenvalue weighted by Crippen LogP contribution is 2.31. The molecule has 6 nitrogen and oxygen atoms in total. The largest absolute Gasteiger partial charge is 0.493 e. The lowest BCUT2D eigenvalue weighted by Crippen LogP contribution is -2.45. The van der Waals surface area contributed by atoms with Gasteiger partial charge in [0.15, 0.2) is 11.5 Å². The summed E-state index contributed by atoms with van der Waals surface area (Å²) < 4.78 is 16.5. The van der Waals surface area contributed by atoms with Crippen molar-refractivity contribution in [1.29, 1.82) is 0 Å². The van der Waals surface area contributed by atoms with Crippen molar-refractivity contribution >= 4 is 24.8 Å². The number of aliphatic hydroxyl groups excluding tert-OH is 1. The van der Waals surface area contributed by atoms with Crippen LogP contribution in [-0.2, 0) is 11.2 Å². The minimum atomic E-state index is -0.533. The number of rotatable bonds is 15. The molecule has 3 atom stereocenters. The van der Waals surface area contributed by atoms with Gasteiger partial charge in [0.05, 0.1) is 19.8 Å². The Kier molecular flexibility index (Phi) is 18.5. The van der Waals surface area contributed by atoms with Crippen molar-refractivity contribution in [3.05, 3.63) is 23.8 Å². The van der Waals surface area contributed by atoms with Gasteiger partial charge in [-0.1, -0.05) is 19.9 Å². The second-order valence-electron chi connectivity index (χ2n) is 8.89. The summed E-state index contributed by atoms with van der Waals surface area (Å²) in [7, 11) is 5.37. The average molecular weight is 498 g/mol. The standard InChI is InChI=1S/C24H44N2O4.2ClH/c1-17(2)20(15-21(25)22(27)16-26(5)18(3)4)13-19-9-10-23(29-7)24(14-19)30-12-8-11-28-6;;/h9-10,14,17-18,20-22,27H,8,11-13,15-16,25H2,1-7H3;2*1H/t20-,21-,22-;;/m0../s1. The van der Waals surface area contributed by atoms with Crippen molar-refractivity contribution in [2.45, 2.75) is 65.1 Å². The van der Waals surface area contributed by atoms with E-state index in [2.05, 4.69) is 44.7 Å². The summed E-state index contributed by atoms with van der Waals surface area (Å²) in [5.41, 5.74) is 7.59. The number of likely N-dealkylation sites (N-methyl/N-ethyl adjacent to an activating group) is 1. The Morgan fingerprint density at radius 2 is 1.69 bits per heavy atom. The molecule has 0 aliphatic rings. The molecular weight excluding hydrogens is 451 g/mol. The van der Waals surface area contributed by atoms with Crippen molar-refractivity contribution in [1.82, 2.24) is 4.90 Å². The number of hydrogen-bond donors (Lipinski definition) is 2. The van der Waals surface area contributed by atoms with Crippen LogP contribution < -0.4 is 15.2 Å². The minimum absolute atomic E-state index is 0. The van der Waals surface area contributed by atoms with Crippen LogP contribution in [0.3, 0.4) is 0 Å². The first-order valence-electron chi connectivity index (χ1n) is 11.1. The molecule has 1 rings (SSSR count). The molecule has 0 heterocycles. The molecule has 1 aromatic rings. The molecule has 190 valence electrons. The van der Waals surface area contributed by atoms with Gasteiger partial charge in [0.1, 0.15) is 0 Å². The van der Waals surface area contributed by atoms with Crippen LogP contribution in [0, 0.1) is 11.8 Å². The average Bonchev–Trinajstić information content (AvgIpc) is 2.70. The Morgan fingerprint density at radius 1 is 1.03 bits per heavy atom. The molecule has 0 fully saturated rings. The van der Waals surface area contributed by atoms with Gasteiger partial charge in [-0.3, -0.25) is 0 Å². The third-order valence-electron chi connectivity index (χ3n) is 5.84.